The van der Waals surface area contributed by atoms with Gasteiger partial charge in [0, 0.05) is 6.42 Å². The Morgan fingerprint density at radius 1 is 1.45 bits per heavy atom. The number of alkyl halides is 2. The lowest BCUT2D eigenvalue weighted by atomic mass is 10.3. The van der Waals surface area contributed by atoms with Gasteiger partial charge in [0.1, 0.15) is 4.33 Å². The Labute approximate surface area is 74.0 Å². The zero-order valence-electron chi connectivity index (χ0n) is 5.50. The van der Waals surface area contributed by atoms with Gasteiger partial charge in [-0.3, -0.25) is 9.05 Å². The van der Waals surface area contributed by atoms with Crippen molar-refractivity contribution in [3.8, 4) is 0 Å². The lowest BCUT2D eigenvalue weighted by Crippen LogP contribution is -2.18. The van der Waals surface area contributed by atoms with Crippen LogP contribution in [0.25, 0.3) is 0 Å². The van der Waals surface area contributed by atoms with Crippen molar-refractivity contribution in [3.05, 3.63) is 0 Å². The molecular formula is C4H7Cl2O4P. The molecule has 0 amide bonds. The van der Waals surface area contributed by atoms with Crippen LogP contribution >= 0.6 is 31.0 Å². The first-order valence-corrected chi connectivity index (χ1v) is 5.16. The summed E-state index contributed by atoms with van der Waals surface area (Å²) < 4.78 is 18.5. The monoisotopic (exact) mass is 220 g/mol. The van der Waals surface area contributed by atoms with Gasteiger partial charge in [-0.15, -0.1) is 0 Å². The molecule has 1 aliphatic heterocycles. The Morgan fingerprint density at radius 2 is 2.09 bits per heavy atom. The quantitative estimate of drug-likeness (QED) is 0.499. The van der Waals surface area contributed by atoms with E-state index in [4.69, 9.17) is 28.1 Å². The molecule has 0 radical (unpaired) electrons. The Kier molecular flexibility index (Phi) is 2.85. The predicted molar refractivity (Wildman–Crippen MR) is 40.8 cm³/mol. The minimum absolute atomic E-state index is 0.0285. The summed E-state index contributed by atoms with van der Waals surface area (Å²) in [5.41, 5.74) is 0. The van der Waals surface area contributed by atoms with Crippen LogP contribution in [-0.2, 0) is 13.6 Å². The summed E-state index contributed by atoms with van der Waals surface area (Å²) in [5.74, 6) is 0. The molecule has 0 aliphatic carbocycles. The third-order valence-corrected chi connectivity index (χ3v) is 2.72. The van der Waals surface area contributed by atoms with E-state index in [0.29, 0.717) is 0 Å². The fourth-order valence-electron chi connectivity index (χ4n) is 0.596. The minimum Gasteiger partial charge on any atom is -0.302 e. The Hall–Kier alpha value is 0.690. The molecule has 0 saturated carbocycles. The lowest BCUT2D eigenvalue weighted by Gasteiger charge is -2.13. The maximum atomic E-state index is 10.7. The van der Waals surface area contributed by atoms with E-state index in [-0.39, 0.29) is 19.6 Å². The molecule has 0 bridgehead atoms. The average molecular weight is 221 g/mol. The first-order chi connectivity index (χ1) is 4.91. The lowest BCUT2D eigenvalue weighted by molar-refractivity contribution is 0.175. The van der Waals surface area contributed by atoms with E-state index in [1.54, 1.807) is 0 Å². The Bertz CT molecular complexity index is 195. The highest BCUT2D eigenvalue weighted by molar-refractivity contribution is 7.47. The fraction of sp³-hybridized carbons (Fsp3) is 1.00. The van der Waals surface area contributed by atoms with Crippen molar-refractivity contribution < 1.29 is 18.5 Å². The normalized spacial score (nSPS) is 38.1. The molecule has 0 spiro atoms. The van der Waals surface area contributed by atoms with Gasteiger partial charge in [-0.1, -0.05) is 23.2 Å². The Morgan fingerprint density at radius 3 is 2.73 bits per heavy atom. The minimum atomic E-state index is -3.88. The second-order valence-corrected chi connectivity index (χ2v) is 5.28. The fourth-order valence-corrected chi connectivity index (χ4v) is 1.79. The number of rotatable bonds is 0. The van der Waals surface area contributed by atoms with Gasteiger partial charge in [0.05, 0.1) is 13.2 Å². The molecule has 4 nitrogen and oxygen atoms in total. The highest BCUT2D eigenvalue weighted by atomic mass is 35.5. The molecule has 66 valence electrons. The summed E-state index contributed by atoms with van der Waals surface area (Å²) in [6.45, 7) is -0.162. The highest BCUT2D eigenvalue weighted by Gasteiger charge is 2.34. The molecule has 1 unspecified atom stereocenters. The molecule has 11 heavy (non-hydrogen) atoms. The first-order valence-electron chi connectivity index (χ1n) is 2.91. The Balaban J connectivity index is 2.60. The van der Waals surface area contributed by atoms with Crippen LogP contribution in [0.15, 0.2) is 0 Å². The van der Waals surface area contributed by atoms with Crippen LogP contribution in [-0.4, -0.2) is 22.4 Å². The zero-order chi connectivity index (χ0) is 8.54. The number of halogens is 2. The molecule has 1 rings (SSSR count). The zero-order valence-corrected chi connectivity index (χ0v) is 7.90. The van der Waals surface area contributed by atoms with E-state index in [1.165, 1.54) is 0 Å². The van der Waals surface area contributed by atoms with Crippen LogP contribution in [0.4, 0.5) is 0 Å². The average Bonchev–Trinajstić information content (AvgIpc) is 1.92. The molecule has 1 N–H and O–H groups in total. The molecule has 1 heterocycles. The smallest absolute Gasteiger partial charge is 0.302 e. The van der Waals surface area contributed by atoms with Crippen LogP contribution in [0.1, 0.15) is 6.42 Å². The van der Waals surface area contributed by atoms with Gasteiger partial charge >= 0.3 is 7.82 Å². The molecule has 1 fully saturated rings. The molecular weight excluding hydrogens is 214 g/mol. The van der Waals surface area contributed by atoms with Crippen LogP contribution in [0.2, 0.25) is 0 Å². The number of phosphoric ester groups is 1. The van der Waals surface area contributed by atoms with Crippen molar-refractivity contribution in [2.24, 2.45) is 0 Å². The first kappa shape index (κ1) is 9.78. The molecule has 0 aromatic rings. The maximum Gasteiger partial charge on any atom is 0.472 e. The third-order valence-electron chi connectivity index (χ3n) is 1.16. The van der Waals surface area contributed by atoms with E-state index >= 15 is 0 Å². The summed E-state index contributed by atoms with van der Waals surface area (Å²) in [6.07, 6.45) is 0.278. The molecule has 1 saturated heterocycles. The highest BCUT2D eigenvalue weighted by Crippen LogP contribution is 2.48. The molecule has 7 heteroatoms. The maximum absolute atomic E-state index is 10.7. The van der Waals surface area contributed by atoms with Crippen molar-refractivity contribution in [1.29, 1.82) is 0 Å². The standard InChI is InChI=1S/C4H7Cl2O4P/c5-4(6)1-2-9-11(7,8)10-3-4/h1-3H2,(H,7,8). The molecule has 0 aromatic carbocycles. The molecule has 0 aromatic heterocycles. The summed E-state index contributed by atoms with van der Waals surface area (Å²) >= 11 is 11.3. The van der Waals surface area contributed by atoms with Crippen LogP contribution in [0, 0.1) is 0 Å². The number of hydrogen-bond acceptors (Lipinski definition) is 3. The van der Waals surface area contributed by atoms with Gasteiger partial charge < -0.3 is 4.89 Å². The summed E-state index contributed by atoms with van der Waals surface area (Å²) in [7, 11) is -3.88. The second kappa shape index (κ2) is 3.21. The molecule has 1 atom stereocenters. The SMILES string of the molecule is O=P1(O)OCCC(Cl)(Cl)CO1. The number of hydrogen-bond donors (Lipinski definition) is 1. The van der Waals surface area contributed by atoms with Crippen molar-refractivity contribution in [3.63, 3.8) is 0 Å². The summed E-state index contributed by atoms with van der Waals surface area (Å²) in [6, 6.07) is 0. The van der Waals surface area contributed by atoms with Gasteiger partial charge in [-0.05, 0) is 0 Å². The van der Waals surface area contributed by atoms with Gasteiger partial charge in [0.2, 0.25) is 0 Å². The third kappa shape index (κ3) is 3.28. The van der Waals surface area contributed by atoms with E-state index in [2.05, 4.69) is 9.05 Å². The van der Waals surface area contributed by atoms with Crippen LogP contribution in [0.3, 0.4) is 0 Å². The van der Waals surface area contributed by atoms with Crippen molar-refractivity contribution in [2.45, 2.75) is 10.8 Å². The van der Waals surface area contributed by atoms with Gasteiger partial charge in [-0.2, -0.15) is 0 Å². The van der Waals surface area contributed by atoms with Gasteiger partial charge in [-0.25, -0.2) is 4.57 Å². The van der Waals surface area contributed by atoms with E-state index in [9.17, 15) is 4.57 Å². The van der Waals surface area contributed by atoms with Crippen molar-refractivity contribution in [1.82, 2.24) is 0 Å². The second-order valence-electron chi connectivity index (χ2n) is 2.18. The van der Waals surface area contributed by atoms with Crippen molar-refractivity contribution >= 4 is 31.0 Å². The van der Waals surface area contributed by atoms with Crippen LogP contribution in [0.5, 0.6) is 0 Å². The number of phosphoric acid groups is 1. The largest absolute Gasteiger partial charge is 0.472 e. The van der Waals surface area contributed by atoms with Crippen molar-refractivity contribution in [2.75, 3.05) is 13.2 Å². The summed E-state index contributed by atoms with van der Waals surface area (Å²) in [5, 5.41) is 0. The van der Waals surface area contributed by atoms with E-state index < -0.39 is 12.2 Å². The predicted octanol–water partition coefficient (Wildman–Crippen LogP) is 1.70. The summed E-state index contributed by atoms with van der Waals surface area (Å²) in [4.78, 5) is 8.78. The van der Waals surface area contributed by atoms with Crippen LogP contribution < -0.4 is 0 Å². The van der Waals surface area contributed by atoms with E-state index in [1.807, 2.05) is 0 Å². The van der Waals surface area contributed by atoms with Gasteiger partial charge in [0.15, 0.2) is 0 Å². The van der Waals surface area contributed by atoms with Gasteiger partial charge in [0.25, 0.3) is 0 Å². The topological polar surface area (TPSA) is 55.8 Å². The molecule has 1 aliphatic rings. The van der Waals surface area contributed by atoms with E-state index in [0.717, 1.165) is 0 Å².